The van der Waals surface area contributed by atoms with Gasteiger partial charge in [0.1, 0.15) is 19.2 Å². The summed E-state index contributed by atoms with van der Waals surface area (Å²) in [5.74, 6) is 0.828. The first-order valence-electron chi connectivity index (χ1n) is 10.0. The first-order valence-corrected chi connectivity index (χ1v) is 10.0. The summed E-state index contributed by atoms with van der Waals surface area (Å²) >= 11 is 0. The first kappa shape index (κ1) is 25.4. The largest absolute Gasteiger partial charge is 1.00 e. The normalized spacial score (nSPS) is 12.8. The molecule has 1 N–H and O–H groups in total. The van der Waals surface area contributed by atoms with Crippen LogP contribution < -0.4 is 12.4 Å². The molecule has 0 aliphatic carbocycles. The van der Waals surface area contributed by atoms with Crippen LogP contribution in [0.5, 0.6) is 0 Å². The van der Waals surface area contributed by atoms with Crippen LogP contribution in [-0.2, 0) is 11.3 Å². The molecule has 0 bridgehead atoms. The van der Waals surface area contributed by atoms with Crippen molar-refractivity contribution in [2.45, 2.75) is 65.0 Å². The van der Waals surface area contributed by atoms with Crippen molar-refractivity contribution >= 4 is 0 Å². The summed E-state index contributed by atoms with van der Waals surface area (Å²) in [6, 6.07) is 10.5. The van der Waals surface area contributed by atoms with Gasteiger partial charge in [-0.1, -0.05) is 76.3 Å². The Balaban J connectivity index is 0.00000625. The van der Waals surface area contributed by atoms with Gasteiger partial charge in [-0.15, -0.1) is 0 Å². The van der Waals surface area contributed by atoms with E-state index in [0.29, 0.717) is 13.2 Å². The molecule has 0 aliphatic rings. The summed E-state index contributed by atoms with van der Waals surface area (Å²) < 4.78 is 6.44. The van der Waals surface area contributed by atoms with Crippen LogP contribution in [0, 0.1) is 5.92 Å². The number of benzene rings is 1. The third kappa shape index (κ3) is 13.6. The minimum absolute atomic E-state index is 0. The molecule has 0 heterocycles. The fraction of sp³-hybridized carbons (Fsp3) is 0.727. The van der Waals surface area contributed by atoms with Gasteiger partial charge in [0.2, 0.25) is 0 Å². The quantitative estimate of drug-likeness (QED) is 0.389. The number of unbranched alkanes of at least 4 members (excludes halogenated alkanes) is 4. The van der Waals surface area contributed by atoms with Crippen LogP contribution in [0.3, 0.4) is 0 Å². The van der Waals surface area contributed by atoms with E-state index in [1.165, 1.54) is 37.7 Å². The molecule has 152 valence electrons. The summed E-state index contributed by atoms with van der Waals surface area (Å²) in [6.45, 7) is 7.44. The molecule has 0 spiro atoms. The molecule has 1 atom stereocenters. The lowest BCUT2D eigenvalue weighted by Crippen LogP contribution is -3.00. The van der Waals surface area contributed by atoms with Gasteiger partial charge < -0.3 is 26.7 Å². The number of rotatable bonds is 14. The maximum atomic E-state index is 10.2. The predicted octanol–water partition coefficient (Wildman–Crippen LogP) is 1.64. The van der Waals surface area contributed by atoms with Gasteiger partial charge in [-0.3, -0.25) is 0 Å². The molecule has 0 amide bonds. The second-order valence-corrected chi connectivity index (χ2v) is 8.44. The number of ether oxygens (including phenoxy) is 1. The van der Waals surface area contributed by atoms with Crippen LogP contribution in [0.1, 0.15) is 57.9 Å². The molecule has 0 fully saturated rings. The highest BCUT2D eigenvalue weighted by Crippen LogP contribution is 2.12. The third-order valence-corrected chi connectivity index (χ3v) is 4.54. The lowest BCUT2D eigenvalue weighted by molar-refractivity contribution is -0.906. The summed E-state index contributed by atoms with van der Waals surface area (Å²) in [5.41, 5.74) is 1.30. The molecule has 1 unspecified atom stereocenters. The van der Waals surface area contributed by atoms with Gasteiger partial charge >= 0.3 is 0 Å². The van der Waals surface area contributed by atoms with E-state index in [1.807, 2.05) is 6.07 Å². The van der Waals surface area contributed by atoms with E-state index in [4.69, 9.17) is 4.74 Å². The van der Waals surface area contributed by atoms with Gasteiger partial charge in [0.25, 0.3) is 0 Å². The van der Waals surface area contributed by atoms with Crippen molar-refractivity contribution in [3.8, 4) is 0 Å². The smallest absolute Gasteiger partial charge is 0.126 e. The van der Waals surface area contributed by atoms with E-state index in [2.05, 4.69) is 52.2 Å². The second-order valence-electron chi connectivity index (χ2n) is 8.44. The third-order valence-electron chi connectivity index (χ3n) is 4.54. The van der Waals surface area contributed by atoms with Crippen LogP contribution in [0.4, 0.5) is 0 Å². The summed E-state index contributed by atoms with van der Waals surface area (Å²) in [5, 5.41) is 10.2. The molecule has 0 saturated heterocycles. The Labute approximate surface area is 167 Å². The zero-order valence-corrected chi connectivity index (χ0v) is 18.0. The summed E-state index contributed by atoms with van der Waals surface area (Å²) in [6.07, 6.45) is 7.29. The Kier molecular flexibility index (Phi) is 14.1. The maximum Gasteiger partial charge on any atom is 0.126 e. The van der Waals surface area contributed by atoms with E-state index < -0.39 is 6.10 Å². The van der Waals surface area contributed by atoms with Crippen LogP contribution in [-0.4, -0.2) is 49.5 Å². The molecular formula is C22H40ClNO2. The van der Waals surface area contributed by atoms with E-state index in [-0.39, 0.29) is 12.4 Å². The average molecular weight is 386 g/mol. The van der Waals surface area contributed by atoms with Crippen molar-refractivity contribution in [2.75, 3.05) is 33.9 Å². The topological polar surface area (TPSA) is 29.5 Å². The van der Waals surface area contributed by atoms with Crippen molar-refractivity contribution in [3.05, 3.63) is 35.9 Å². The average Bonchev–Trinajstić information content (AvgIpc) is 2.53. The Morgan fingerprint density at radius 1 is 0.962 bits per heavy atom. The van der Waals surface area contributed by atoms with Crippen LogP contribution >= 0.6 is 0 Å². The lowest BCUT2D eigenvalue weighted by Gasteiger charge is -2.32. The lowest BCUT2D eigenvalue weighted by atomic mass is 10.0. The van der Waals surface area contributed by atoms with E-state index in [9.17, 15) is 5.11 Å². The van der Waals surface area contributed by atoms with Gasteiger partial charge in [-0.05, 0) is 12.3 Å². The number of aliphatic hydroxyl groups is 1. The highest BCUT2D eigenvalue weighted by molar-refractivity contribution is 5.13. The number of nitrogens with zero attached hydrogens (tertiary/aromatic N) is 1. The number of hydrogen-bond donors (Lipinski definition) is 1. The van der Waals surface area contributed by atoms with Crippen molar-refractivity contribution in [3.63, 3.8) is 0 Å². The molecule has 26 heavy (non-hydrogen) atoms. The van der Waals surface area contributed by atoms with Crippen LogP contribution in [0.15, 0.2) is 30.3 Å². The molecule has 0 aliphatic heterocycles. The van der Waals surface area contributed by atoms with Crippen LogP contribution in [0.2, 0.25) is 0 Å². The summed E-state index contributed by atoms with van der Waals surface area (Å²) in [7, 11) is 4.32. The molecule has 0 aromatic heterocycles. The minimum Gasteiger partial charge on any atom is -1.00 e. The van der Waals surface area contributed by atoms with E-state index >= 15 is 0 Å². The number of halogens is 1. The molecule has 4 heteroatoms. The first-order chi connectivity index (χ1) is 11.9. The molecule has 1 aromatic rings. The highest BCUT2D eigenvalue weighted by atomic mass is 35.5. The van der Waals surface area contributed by atoms with Gasteiger partial charge in [0.05, 0.1) is 20.7 Å². The van der Waals surface area contributed by atoms with Crippen molar-refractivity contribution in [1.29, 1.82) is 0 Å². The van der Waals surface area contributed by atoms with Crippen LogP contribution in [0.25, 0.3) is 0 Å². The number of quaternary nitrogens is 1. The number of likely N-dealkylation sites (N-methyl/N-ethyl adjacent to an activating group) is 1. The fourth-order valence-corrected chi connectivity index (χ4v) is 3.27. The fourth-order valence-electron chi connectivity index (χ4n) is 3.27. The second kappa shape index (κ2) is 14.4. The van der Waals surface area contributed by atoms with Gasteiger partial charge in [0.15, 0.2) is 0 Å². The zero-order valence-electron chi connectivity index (χ0n) is 17.3. The maximum absolute atomic E-state index is 10.2. The number of hydrogen-bond acceptors (Lipinski definition) is 2. The predicted molar refractivity (Wildman–Crippen MR) is 106 cm³/mol. The number of aliphatic hydroxyl groups excluding tert-OH is 1. The monoisotopic (exact) mass is 385 g/mol. The summed E-state index contributed by atoms with van der Waals surface area (Å²) in [4.78, 5) is 0. The molecule has 0 saturated carbocycles. The van der Waals surface area contributed by atoms with Gasteiger partial charge in [0, 0.05) is 12.2 Å². The van der Waals surface area contributed by atoms with Crippen molar-refractivity contribution in [1.82, 2.24) is 0 Å². The molecule has 3 nitrogen and oxygen atoms in total. The Morgan fingerprint density at radius 2 is 1.58 bits per heavy atom. The minimum atomic E-state index is -0.398. The SMILES string of the molecule is CC(C)CCCCCCCOCC(O)C[N+](C)(C)Cc1ccccc1.[Cl-]. The van der Waals surface area contributed by atoms with Gasteiger partial charge in [-0.2, -0.15) is 0 Å². The molecule has 0 radical (unpaired) electrons. The standard InChI is InChI=1S/C22H40NO2.ClH/c1-20(2)13-9-6-5-7-12-16-25-19-22(24)18-23(3,4)17-21-14-10-8-11-15-21;/h8,10-11,14-15,20,22,24H,5-7,9,12-13,16-19H2,1-4H3;1H/q+1;/p-1. The van der Waals surface area contributed by atoms with Crippen molar-refractivity contribution in [2.24, 2.45) is 5.92 Å². The Bertz CT molecular complexity index is 437. The van der Waals surface area contributed by atoms with Gasteiger partial charge in [-0.25, -0.2) is 0 Å². The van der Waals surface area contributed by atoms with E-state index in [0.717, 1.165) is 30.0 Å². The Hall–Kier alpha value is -0.610. The highest BCUT2D eigenvalue weighted by Gasteiger charge is 2.21. The molecule has 1 aromatic carbocycles. The van der Waals surface area contributed by atoms with Crippen molar-refractivity contribution < 1.29 is 26.7 Å². The molecular weight excluding hydrogens is 346 g/mol. The zero-order chi connectivity index (χ0) is 18.5. The van der Waals surface area contributed by atoms with E-state index in [1.54, 1.807) is 0 Å². The molecule has 1 rings (SSSR count). The Morgan fingerprint density at radius 3 is 2.23 bits per heavy atom.